The topological polar surface area (TPSA) is 85.8 Å². The third kappa shape index (κ3) is 6.61. The van der Waals surface area contributed by atoms with Crippen LogP contribution in [-0.4, -0.2) is 60.2 Å². The molecular formula is C28H33FN4O3S. The van der Waals surface area contributed by atoms with Crippen LogP contribution in [0.15, 0.2) is 89.1 Å². The maximum Gasteiger partial charge on any atom is 0.263 e. The summed E-state index contributed by atoms with van der Waals surface area (Å²) in [5, 5.41) is 11.7. The van der Waals surface area contributed by atoms with E-state index in [0.717, 1.165) is 30.6 Å². The number of rotatable bonds is 8. The van der Waals surface area contributed by atoms with E-state index < -0.39 is 16.3 Å². The van der Waals surface area contributed by atoms with Gasteiger partial charge in [-0.1, -0.05) is 36.4 Å². The Morgan fingerprint density at radius 2 is 1.86 bits per heavy atom. The molecule has 37 heavy (non-hydrogen) atoms. The number of benzene rings is 2. The Morgan fingerprint density at radius 1 is 1.14 bits per heavy atom. The van der Waals surface area contributed by atoms with Gasteiger partial charge in [0.2, 0.25) is 0 Å². The molecular weight excluding hydrogens is 491 g/mol. The van der Waals surface area contributed by atoms with Gasteiger partial charge in [0.05, 0.1) is 5.52 Å². The number of piperazine rings is 1. The number of hydrogen-bond donors (Lipinski definition) is 2. The molecule has 1 saturated heterocycles. The molecule has 7 nitrogen and oxygen atoms in total. The number of hydrogen-bond acceptors (Lipinski definition) is 6. The van der Waals surface area contributed by atoms with Gasteiger partial charge in [-0.3, -0.25) is 19.5 Å². The molecule has 2 heterocycles. The number of halogens is 1. The van der Waals surface area contributed by atoms with Crippen LogP contribution < -0.4 is 4.72 Å². The Morgan fingerprint density at radius 3 is 2.59 bits per heavy atom. The molecule has 0 saturated carbocycles. The van der Waals surface area contributed by atoms with Gasteiger partial charge in [0.1, 0.15) is 16.9 Å². The van der Waals surface area contributed by atoms with E-state index in [2.05, 4.69) is 21.5 Å². The second-order valence-electron chi connectivity index (χ2n) is 9.52. The molecule has 0 bridgehead atoms. The number of aliphatic hydroxyl groups is 1. The van der Waals surface area contributed by atoms with Crippen molar-refractivity contribution < 1.29 is 17.9 Å². The molecule has 2 aromatic carbocycles. The Labute approximate surface area is 218 Å². The molecule has 0 aliphatic carbocycles. The number of sulfonamides is 1. The zero-order chi connectivity index (χ0) is 26.6. The van der Waals surface area contributed by atoms with Gasteiger partial charge in [0, 0.05) is 49.5 Å². The minimum Gasteiger partial charge on any atom is -0.374 e. The van der Waals surface area contributed by atoms with Crippen LogP contribution in [0.3, 0.4) is 0 Å². The number of allylic oxidation sites excluding steroid dienone is 3. The van der Waals surface area contributed by atoms with Gasteiger partial charge in [0.25, 0.3) is 10.0 Å². The minimum atomic E-state index is -3.83. The molecule has 1 aromatic heterocycles. The molecule has 196 valence electrons. The number of aliphatic hydroxyl groups excluding tert-OH is 1. The lowest BCUT2D eigenvalue weighted by atomic mass is 10.1. The molecule has 4 rings (SSSR count). The van der Waals surface area contributed by atoms with E-state index >= 15 is 0 Å². The SMILES string of the molecule is C/C(=C\C=C(/C)[C@@H](O)N1CCN(Cc2ccc(F)cc2)C[C@H]1C)NS(=O)(=O)c1cccc2cccnc12. The zero-order valence-corrected chi connectivity index (χ0v) is 22.1. The fourth-order valence-electron chi connectivity index (χ4n) is 4.60. The number of nitrogens with one attached hydrogen (secondary N) is 1. The fraction of sp³-hybridized carbons (Fsp3) is 0.321. The smallest absolute Gasteiger partial charge is 0.263 e. The lowest BCUT2D eigenvalue weighted by Crippen LogP contribution is -2.55. The highest BCUT2D eigenvalue weighted by Gasteiger charge is 2.29. The molecule has 0 spiro atoms. The molecule has 0 amide bonds. The number of fused-ring (bicyclic) bond motifs is 1. The summed E-state index contributed by atoms with van der Waals surface area (Å²) in [5.74, 6) is -0.241. The summed E-state index contributed by atoms with van der Waals surface area (Å²) in [6.45, 7) is 8.53. The summed E-state index contributed by atoms with van der Waals surface area (Å²) >= 11 is 0. The van der Waals surface area contributed by atoms with Crippen LogP contribution in [0, 0.1) is 5.82 Å². The first-order valence-electron chi connectivity index (χ1n) is 12.3. The van der Waals surface area contributed by atoms with Gasteiger partial charge in [-0.25, -0.2) is 12.8 Å². The Balaban J connectivity index is 1.38. The standard InChI is InChI=1S/C28H33FN4O3S/c1-20(28(34)33-17-16-32(18-22(33)3)19-23-11-13-25(29)14-12-23)9-10-21(2)31-37(35,36)26-8-4-6-24-7-5-15-30-27(24)26/h4-15,22,28,31,34H,16-19H2,1-3H3/b20-9+,21-10+/t22-,28-/m1/s1. The van der Waals surface area contributed by atoms with Crippen molar-refractivity contribution >= 4 is 20.9 Å². The Hall–Kier alpha value is -3.11. The third-order valence-corrected chi connectivity index (χ3v) is 8.08. The van der Waals surface area contributed by atoms with Crippen LogP contribution in [-0.2, 0) is 16.6 Å². The number of pyridine rings is 1. The highest BCUT2D eigenvalue weighted by molar-refractivity contribution is 7.89. The summed E-state index contributed by atoms with van der Waals surface area (Å²) in [5.41, 5.74) is 2.61. The number of para-hydroxylation sites is 1. The van der Waals surface area contributed by atoms with Crippen LogP contribution in [0.2, 0.25) is 0 Å². The molecule has 3 aromatic rings. The highest BCUT2D eigenvalue weighted by atomic mass is 32.2. The molecule has 1 fully saturated rings. The summed E-state index contributed by atoms with van der Waals surface area (Å²) in [7, 11) is -3.83. The van der Waals surface area contributed by atoms with Crippen molar-refractivity contribution in [1.82, 2.24) is 19.5 Å². The van der Waals surface area contributed by atoms with Gasteiger partial charge in [0.15, 0.2) is 0 Å². The minimum absolute atomic E-state index is 0.106. The largest absolute Gasteiger partial charge is 0.374 e. The van der Waals surface area contributed by atoms with Crippen LogP contribution >= 0.6 is 0 Å². The zero-order valence-electron chi connectivity index (χ0n) is 21.3. The number of aromatic nitrogens is 1. The Bertz CT molecular complexity index is 1400. The van der Waals surface area contributed by atoms with Crippen molar-refractivity contribution in [2.75, 3.05) is 19.6 Å². The number of nitrogens with zero attached hydrogens (tertiary/aromatic N) is 3. The second-order valence-corrected chi connectivity index (χ2v) is 11.2. The summed E-state index contributed by atoms with van der Waals surface area (Å²) < 4.78 is 41.8. The quantitative estimate of drug-likeness (QED) is 0.433. The maximum absolute atomic E-state index is 13.2. The van der Waals surface area contributed by atoms with E-state index in [-0.39, 0.29) is 16.8 Å². The molecule has 9 heteroatoms. The van der Waals surface area contributed by atoms with E-state index in [4.69, 9.17) is 0 Å². The average Bonchev–Trinajstić information content (AvgIpc) is 2.87. The first kappa shape index (κ1) is 26.9. The molecule has 2 atom stereocenters. The van der Waals surface area contributed by atoms with E-state index in [9.17, 15) is 17.9 Å². The van der Waals surface area contributed by atoms with Gasteiger partial charge < -0.3 is 5.11 Å². The first-order chi connectivity index (χ1) is 17.6. The normalized spacial score (nSPS) is 19.2. The average molecular weight is 525 g/mol. The lowest BCUT2D eigenvalue weighted by molar-refractivity contribution is -0.0348. The molecule has 0 unspecified atom stereocenters. The van der Waals surface area contributed by atoms with Gasteiger partial charge in [-0.05, 0) is 62.2 Å². The predicted molar refractivity (Wildman–Crippen MR) is 143 cm³/mol. The maximum atomic E-state index is 13.2. The van der Waals surface area contributed by atoms with Crippen molar-refractivity contribution in [2.45, 2.75) is 44.5 Å². The molecule has 2 N–H and O–H groups in total. The van der Waals surface area contributed by atoms with Gasteiger partial charge >= 0.3 is 0 Å². The summed E-state index contributed by atoms with van der Waals surface area (Å²) in [6.07, 6.45) is 4.18. The second kappa shape index (κ2) is 11.5. The van der Waals surface area contributed by atoms with Crippen molar-refractivity contribution in [3.8, 4) is 0 Å². The van der Waals surface area contributed by atoms with Crippen LogP contribution in [0.1, 0.15) is 26.3 Å². The van der Waals surface area contributed by atoms with Crippen molar-refractivity contribution in [1.29, 1.82) is 0 Å². The molecule has 0 radical (unpaired) electrons. The van der Waals surface area contributed by atoms with Crippen molar-refractivity contribution in [3.63, 3.8) is 0 Å². The van der Waals surface area contributed by atoms with Crippen LogP contribution in [0.5, 0.6) is 0 Å². The highest BCUT2D eigenvalue weighted by Crippen LogP contribution is 2.22. The van der Waals surface area contributed by atoms with E-state index in [1.165, 1.54) is 18.2 Å². The fourth-order valence-corrected chi connectivity index (χ4v) is 5.88. The van der Waals surface area contributed by atoms with Crippen LogP contribution in [0.4, 0.5) is 4.39 Å². The first-order valence-corrected chi connectivity index (χ1v) is 13.7. The third-order valence-electron chi connectivity index (χ3n) is 6.58. The van der Waals surface area contributed by atoms with Crippen molar-refractivity contribution in [3.05, 3.63) is 95.6 Å². The van der Waals surface area contributed by atoms with E-state index in [1.807, 2.05) is 24.0 Å². The Kier molecular flexibility index (Phi) is 8.39. The molecule has 1 aliphatic heterocycles. The van der Waals surface area contributed by atoms with E-state index in [0.29, 0.717) is 23.3 Å². The van der Waals surface area contributed by atoms with Crippen LogP contribution in [0.25, 0.3) is 10.9 Å². The summed E-state index contributed by atoms with van der Waals surface area (Å²) in [4.78, 5) is 8.68. The van der Waals surface area contributed by atoms with Gasteiger partial charge in [-0.15, -0.1) is 0 Å². The molecule has 1 aliphatic rings. The lowest BCUT2D eigenvalue weighted by Gasteiger charge is -2.42. The predicted octanol–water partition coefficient (Wildman–Crippen LogP) is 4.03. The summed E-state index contributed by atoms with van der Waals surface area (Å²) in [6, 6.07) is 15.3. The monoisotopic (exact) mass is 524 g/mol. The van der Waals surface area contributed by atoms with Gasteiger partial charge in [-0.2, -0.15) is 0 Å². The van der Waals surface area contributed by atoms with Crippen molar-refractivity contribution in [2.24, 2.45) is 0 Å². The van der Waals surface area contributed by atoms with E-state index in [1.54, 1.807) is 49.5 Å².